The first kappa shape index (κ1) is 10.5. The van der Waals surface area contributed by atoms with Gasteiger partial charge in [-0.25, -0.2) is 0 Å². The quantitative estimate of drug-likeness (QED) is 0.851. The molecule has 2 aliphatic heterocycles. The molecular formula is C13H17NOS. The molecule has 3 heteroatoms. The maximum atomic E-state index is 6.11. The minimum absolute atomic E-state index is 0.362. The highest BCUT2D eigenvalue weighted by molar-refractivity contribution is 7.99. The SMILES string of the molecule is c1cc2c(c(OC3CCCNC3)c1)SCC2. The smallest absolute Gasteiger partial charge is 0.133 e. The zero-order valence-corrected chi connectivity index (χ0v) is 10.2. The van der Waals surface area contributed by atoms with Gasteiger partial charge in [-0.2, -0.15) is 0 Å². The van der Waals surface area contributed by atoms with Gasteiger partial charge in [0.2, 0.25) is 0 Å². The molecule has 1 unspecified atom stereocenters. The summed E-state index contributed by atoms with van der Waals surface area (Å²) < 4.78 is 6.11. The molecule has 86 valence electrons. The molecule has 1 fully saturated rings. The molecule has 0 amide bonds. The van der Waals surface area contributed by atoms with Gasteiger partial charge in [0.15, 0.2) is 0 Å². The first-order valence-corrected chi connectivity index (χ1v) is 7.04. The molecule has 1 aromatic rings. The lowest BCUT2D eigenvalue weighted by molar-refractivity contribution is 0.163. The number of fused-ring (bicyclic) bond motifs is 1. The van der Waals surface area contributed by atoms with E-state index in [1.807, 2.05) is 11.8 Å². The number of benzene rings is 1. The van der Waals surface area contributed by atoms with Crippen LogP contribution in [0.2, 0.25) is 0 Å². The second kappa shape index (κ2) is 4.68. The van der Waals surface area contributed by atoms with Gasteiger partial charge in [-0.1, -0.05) is 12.1 Å². The Kier molecular flexibility index (Phi) is 3.06. The molecule has 0 aliphatic carbocycles. The largest absolute Gasteiger partial charge is 0.488 e. The van der Waals surface area contributed by atoms with E-state index in [2.05, 4.69) is 23.5 Å². The van der Waals surface area contributed by atoms with Crippen LogP contribution in [0.5, 0.6) is 5.75 Å². The van der Waals surface area contributed by atoms with Crippen LogP contribution in [0.25, 0.3) is 0 Å². The van der Waals surface area contributed by atoms with Crippen LogP contribution in [-0.4, -0.2) is 24.9 Å². The molecule has 0 aromatic heterocycles. The van der Waals surface area contributed by atoms with Crippen LogP contribution in [0.3, 0.4) is 0 Å². The van der Waals surface area contributed by atoms with Crippen LogP contribution in [0.4, 0.5) is 0 Å². The van der Waals surface area contributed by atoms with Crippen LogP contribution >= 0.6 is 11.8 Å². The van der Waals surface area contributed by atoms with Crippen molar-refractivity contribution in [1.82, 2.24) is 5.32 Å². The number of rotatable bonds is 2. The van der Waals surface area contributed by atoms with Crippen LogP contribution < -0.4 is 10.1 Å². The summed E-state index contributed by atoms with van der Waals surface area (Å²) in [5, 5.41) is 3.39. The fraction of sp³-hybridized carbons (Fsp3) is 0.538. The van der Waals surface area contributed by atoms with Gasteiger partial charge in [0.05, 0.1) is 4.90 Å². The van der Waals surface area contributed by atoms with Crippen LogP contribution in [0.1, 0.15) is 18.4 Å². The first-order chi connectivity index (χ1) is 7.93. The Hall–Kier alpha value is -0.670. The van der Waals surface area contributed by atoms with E-state index in [1.165, 1.54) is 35.5 Å². The molecule has 16 heavy (non-hydrogen) atoms. The topological polar surface area (TPSA) is 21.3 Å². The van der Waals surface area contributed by atoms with Gasteiger partial charge in [-0.3, -0.25) is 0 Å². The molecule has 0 bridgehead atoms. The van der Waals surface area contributed by atoms with Gasteiger partial charge in [-0.05, 0) is 37.4 Å². The third-order valence-electron chi connectivity index (χ3n) is 3.22. The van der Waals surface area contributed by atoms with Gasteiger partial charge < -0.3 is 10.1 Å². The maximum Gasteiger partial charge on any atom is 0.133 e. The minimum Gasteiger partial charge on any atom is -0.488 e. The van der Waals surface area contributed by atoms with Crippen molar-refractivity contribution in [2.24, 2.45) is 0 Å². The van der Waals surface area contributed by atoms with Gasteiger partial charge >= 0.3 is 0 Å². The van der Waals surface area contributed by atoms with Crippen molar-refractivity contribution in [3.63, 3.8) is 0 Å². The molecule has 1 saturated heterocycles. The molecule has 2 aliphatic rings. The van der Waals surface area contributed by atoms with E-state index < -0.39 is 0 Å². The van der Waals surface area contributed by atoms with Crippen molar-refractivity contribution in [1.29, 1.82) is 0 Å². The Morgan fingerprint density at radius 2 is 2.38 bits per heavy atom. The van der Waals surface area contributed by atoms with Crippen LogP contribution in [0, 0.1) is 0 Å². The third kappa shape index (κ3) is 2.06. The van der Waals surface area contributed by atoms with Crippen molar-refractivity contribution >= 4 is 11.8 Å². The second-order valence-corrected chi connectivity index (χ2v) is 5.53. The molecule has 1 atom stereocenters. The van der Waals surface area contributed by atoms with E-state index in [9.17, 15) is 0 Å². The summed E-state index contributed by atoms with van der Waals surface area (Å²) >= 11 is 1.94. The highest BCUT2D eigenvalue weighted by Crippen LogP contribution is 2.39. The second-order valence-electron chi connectivity index (χ2n) is 4.43. The lowest BCUT2D eigenvalue weighted by Gasteiger charge is -2.24. The Balaban J connectivity index is 1.76. The van der Waals surface area contributed by atoms with Gasteiger partial charge in [0, 0.05) is 12.3 Å². The summed E-state index contributed by atoms with van der Waals surface area (Å²) in [6.07, 6.45) is 3.97. The first-order valence-electron chi connectivity index (χ1n) is 6.05. The van der Waals surface area contributed by atoms with Gasteiger partial charge in [-0.15, -0.1) is 11.8 Å². The van der Waals surface area contributed by atoms with E-state index in [0.717, 1.165) is 18.8 Å². The molecule has 1 aromatic carbocycles. The number of hydrogen-bond acceptors (Lipinski definition) is 3. The van der Waals surface area contributed by atoms with Crippen molar-refractivity contribution in [3.05, 3.63) is 23.8 Å². The highest BCUT2D eigenvalue weighted by Gasteiger charge is 2.20. The molecule has 0 radical (unpaired) electrons. The average molecular weight is 235 g/mol. The summed E-state index contributed by atoms with van der Waals surface area (Å²) in [6, 6.07) is 6.46. The number of ether oxygens (including phenoxy) is 1. The number of thioether (sulfide) groups is 1. The Bertz CT molecular complexity index is 374. The van der Waals surface area contributed by atoms with Crippen molar-refractivity contribution in [2.45, 2.75) is 30.3 Å². The third-order valence-corrected chi connectivity index (χ3v) is 4.38. The molecule has 3 rings (SSSR count). The molecule has 0 saturated carbocycles. The number of hydrogen-bond donors (Lipinski definition) is 1. The van der Waals surface area contributed by atoms with E-state index in [-0.39, 0.29) is 0 Å². The summed E-state index contributed by atoms with van der Waals surface area (Å²) in [6.45, 7) is 2.13. The molecular weight excluding hydrogens is 218 g/mol. The molecule has 1 N–H and O–H groups in total. The fourth-order valence-corrected chi connectivity index (χ4v) is 3.52. The van der Waals surface area contributed by atoms with Crippen molar-refractivity contribution in [2.75, 3.05) is 18.8 Å². The van der Waals surface area contributed by atoms with Crippen molar-refractivity contribution in [3.8, 4) is 5.75 Å². The Labute approximate surface area is 101 Å². The maximum absolute atomic E-state index is 6.11. The Morgan fingerprint density at radius 1 is 1.38 bits per heavy atom. The summed E-state index contributed by atoms with van der Waals surface area (Å²) in [4.78, 5) is 1.38. The zero-order chi connectivity index (χ0) is 10.8. The van der Waals surface area contributed by atoms with Crippen LogP contribution in [-0.2, 0) is 6.42 Å². The lowest BCUT2D eigenvalue weighted by Crippen LogP contribution is -2.37. The van der Waals surface area contributed by atoms with E-state index >= 15 is 0 Å². The standard InChI is InChI=1S/C13H17NOS/c1-3-10-6-8-16-13(10)12(5-1)15-11-4-2-7-14-9-11/h1,3,5,11,14H,2,4,6-9H2. The predicted molar refractivity (Wildman–Crippen MR) is 67.4 cm³/mol. The zero-order valence-electron chi connectivity index (χ0n) is 9.37. The van der Waals surface area contributed by atoms with E-state index in [4.69, 9.17) is 4.74 Å². The van der Waals surface area contributed by atoms with E-state index in [0.29, 0.717) is 6.10 Å². The summed E-state index contributed by atoms with van der Waals surface area (Å²) in [7, 11) is 0. The molecule has 2 heterocycles. The monoisotopic (exact) mass is 235 g/mol. The molecule has 2 nitrogen and oxygen atoms in total. The van der Waals surface area contributed by atoms with Gasteiger partial charge in [0.1, 0.15) is 11.9 Å². The minimum atomic E-state index is 0.362. The number of aryl methyl sites for hydroxylation is 1. The predicted octanol–water partition coefficient (Wildman–Crippen LogP) is 2.47. The molecule has 0 spiro atoms. The summed E-state index contributed by atoms with van der Waals surface area (Å²) in [5.41, 5.74) is 1.46. The normalized spacial score (nSPS) is 24.1. The average Bonchev–Trinajstić information content (AvgIpc) is 2.80. The van der Waals surface area contributed by atoms with Gasteiger partial charge in [0.25, 0.3) is 0 Å². The highest BCUT2D eigenvalue weighted by atomic mass is 32.2. The number of nitrogens with one attached hydrogen (secondary N) is 1. The van der Waals surface area contributed by atoms with E-state index in [1.54, 1.807) is 0 Å². The Morgan fingerprint density at radius 3 is 3.25 bits per heavy atom. The lowest BCUT2D eigenvalue weighted by atomic mass is 10.1. The number of piperidine rings is 1. The van der Waals surface area contributed by atoms with Crippen LogP contribution in [0.15, 0.2) is 23.1 Å². The summed E-state index contributed by atoms with van der Waals surface area (Å²) in [5.74, 6) is 2.31. The van der Waals surface area contributed by atoms with Crippen molar-refractivity contribution < 1.29 is 4.74 Å². The fourth-order valence-electron chi connectivity index (χ4n) is 2.38.